The molecule has 4 aromatic rings. The number of likely N-dealkylation sites (tertiary alicyclic amines) is 2. The second-order valence-electron chi connectivity index (χ2n) is 18.3. The summed E-state index contributed by atoms with van der Waals surface area (Å²) in [4.78, 5) is 33.6. The molecule has 3 saturated heterocycles. The first-order chi connectivity index (χ1) is 29.0. The van der Waals surface area contributed by atoms with Crippen LogP contribution in [0.25, 0.3) is 6.08 Å². The predicted octanol–water partition coefficient (Wildman–Crippen LogP) is 6.99. The molecule has 8 rings (SSSR count). The van der Waals surface area contributed by atoms with Crippen molar-refractivity contribution in [2.24, 2.45) is 17.8 Å². The van der Waals surface area contributed by atoms with E-state index in [-0.39, 0.29) is 41.7 Å². The van der Waals surface area contributed by atoms with E-state index in [1.165, 1.54) is 15.9 Å². The van der Waals surface area contributed by atoms with E-state index in [9.17, 15) is 19.7 Å². The third-order valence-corrected chi connectivity index (χ3v) is 18.4. The van der Waals surface area contributed by atoms with E-state index in [0.717, 1.165) is 49.2 Å². The Bertz CT molecular complexity index is 2140. The fourth-order valence-corrected chi connectivity index (χ4v) is 15.2. The number of carbonyl (C=O) groups is 2. The zero-order chi connectivity index (χ0) is 42.0. The summed E-state index contributed by atoms with van der Waals surface area (Å²) in [5, 5.41) is 23.0. The molecule has 60 heavy (non-hydrogen) atoms. The van der Waals surface area contributed by atoms with Crippen molar-refractivity contribution in [3.63, 3.8) is 0 Å². The number of imide groups is 1. The van der Waals surface area contributed by atoms with Gasteiger partial charge in [-0.15, -0.1) is 0 Å². The lowest BCUT2D eigenvalue weighted by Crippen LogP contribution is -2.66. The van der Waals surface area contributed by atoms with Crippen LogP contribution in [0, 0.1) is 17.8 Å². The lowest BCUT2D eigenvalue weighted by atomic mass is 9.58. The number of carbonyl (C=O) groups excluding carboxylic acids is 2. The summed E-state index contributed by atoms with van der Waals surface area (Å²) in [5.74, 6) is -0.420. The molecule has 11 heteroatoms. The van der Waals surface area contributed by atoms with Crippen molar-refractivity contribution >= 4 is 43.7 Å². The minimum atomic E-state index is -2.97. The maximum atomic E-state index is 14.8. The number of benzene rings is 3. The Morgan fingerprint density at radius 2 is 1.52 bits per heavy atom. The molecule has 0 bridgehead atoms. The van der Waals surface area contributed by atoms with Gasteiger partial charge in [-0.3, -0.25) is 19.4 Å². The Kier molecular flexibility index (Phi) is 12.7. The van der Waals surface area contributed by atoms with Crippen molar-refractivity contribution in [1.29, 1.82) is 0 Å². The number of piperidine rings is 1. The normalized spacial score (nSPS) is 23.3. The number of furan rings is 1. The number of amides is 2. The van der Waals surface area contributed by atoms with Crippen molar-refractivity contribution in [3.05, 3.63) is 137 Å². The van der Waals surface area contributed by atoms with Crippen LogP contribution in [0.15, 0.2) is 124 Å². The highest BCUT2D eigenvalue weighted by Gasteiger charge is 2.59. The van der Waals surface area contributed by atoms with E-state index >= 15 is 0 Å². The van der Waals surface area contributed by atoms with Gasteiger partial charge in [0.1, 0.15) is 18.1 Å². The molecule has 1 aliphatic carbocycles. The standard InChI is InChI=1S/C49H59BN2O7Si/c1-34(28-38-21-22-39(32-53)58-38)20-23-44-45-36(33-57-60(49(2,3)4,40-16-10-6-11-17-40)41-18-12-7-13-19-41)29-42-46(43(45)30-50(56)59-44)48(55)52(47(42)54)37-24-26-51(27-25-37)31-35-14-8-5-9-15-35/h5-19,21-22,28,37,42-44,46,53,56H,20,23-27,29-33H2,1-4H3/b34-28+/t42-,43+,44-,46-/m1/s1. The number of hydrogen-bond acceptors (Lipinski definition) is 8. The maximum Gasteiger partial charge on any atom is 0.455 e. The third kappa shape index (κ3) is 8.45. The average Bonchev–Trinajstić information content (AvgIpc) is 3.81. The van der Waals surface area contributed by atoms with E-state index in [4.69, 9.17) is 13.5 Å². The number of rotatable bonds is 13. The van der Waals surface area contributed by atoms with Gasteiger partial charge in [0.15, 0.2) is 0 Å². The lowest BCUT2D eigenvalue weighted by molar-refractivity contribution is -0.144. The van der Waals surface area contributed by atoms with Gasteiger partial charge < -0.3 is 23.6 Å². The second kappa shape index (κ2) is 17.9. The van der Waals surface area contributed by atoms with Crippen LogP contribution in [0.3, 0.4) is 0 Å². The zero-order valence-corrected chi connectivity index (χ0v) is 36.5. The van der Waals surface area contributed by atoms with Gasteiger partial charge in [-0.2, -0.15) is 0 Å². The maximum absolute atomic E-state index is 14.8. The fourth-order valence-electron chi connectivity index (χ4n) is 10.6. The summed E-state index contributed by atoms with van der Waals surface area (Å²) in [6.45, 7) is 11.4. The fraction of sp³-hybridized carbons (Fsp3) is 0.429. The SMILES string of the molecule is C/C(=C\c1ccc(CO)o1)CC[C@H]1OB(O)C[C@H]2C1=C(CO[Si](c1ccccc1)(c1ccccc1)C(C)(C)C)C[C@H]1C(=O)N(C3CCN(Cc4ccccc4)CC3)C(=O)[C@H]12. The van der Waals surface area contributed by atoms with Crippen molar-refractivity contribution in [3.8, 4) is 0 Å². The molecule has 2 N–H and O–H groups in total. The third-order valence-electron chi connectivity index (χ3n) is 13.4. The number of allylic oxidation sites excluding steroid dienone is 1. The van der Waals surface area contributed by atoms with Crippen molar-refractivity contribution in [2.75, 3.05) is 19.7 Å². The highest BCUT2D eigenvalue weighted by Crippen LogP contribution is 2.52. The van der Waals surface area contributed by atoms with Crippen LogP contribution >= 0.6 is 0 Å². The molecule has 0 unspecified atom stereocenters. The van der Waals surface area contributed by atoms with E-state index in [2.05, 4.69) is 98.5 Å². The Morgan fingerprint density at radius 1 is 0.883 bits per heavy atom. The topological polar surface area (TPSA) is 113 Å². The monoisotopic (exact) mass is 826 g/mol. The molecule has 4 atom stereocenters. The van der Waals surface area contributed by atoms with Crippen LogP contribution in [-0.4, -0.2) is 79.0 Å². The molecular weight excluding hydrogens is 767 g/mol. The van der Waals surface area contributed by atoms with Crippen LogP contribution in [-0.2, 0) is 31.8 Å². The average molecular weight is 827 g/mol. The summed E-state index contributed by atoms with van der Waals surface area (Å²) in [6, 6.07) is 35.0. The van der Waals surface area contributed by atoms with Gasteiger partial charge in [0, 0.05) is 25.7 Å². The van der Waals surface area contributed by atoms with Gasteiger partial charge in [0.25, 0.3) is 8.32 Å². The first-order valence-corrected chi connectivity index (χ1v) is 23.7. The molecule has 9 nitrogen and oxygen atoms in total. The molecular formula is C49H59BN2O7Si. The highest BCUT2D eigenvalue weighted by atomic mass is 28.4. The Balaban J connectivity index is 1.12. The van der Waals surface area contributed by atoms with Crippen LogP contribution in [0.2, 0.25) is 11.4 Å². The molecule has 314 valence electrons. The molecule has 3 aliphatic heterocycles. The zero-order valence-electron chi connectivity index (χ0n) is 35.5. The Morgan fingerprint density at radius 3 is 2.12 bits per heavy atom. The molecule has 2 amide bonds. The van der Waals surface area contributed by atoms with Gasteiger partial charge in [-0.05, 0) is 102 Å². The second-order valence-corrected chi connectivity index (χ2v) is 22.6. The molecule has 0 saturated carbocycles. The number of fused-ring (bicyclic) bond motifs is 3. The van der Waals surface area contributed by atoms with Gasteiger partial charge in [0.2, 0.25) is 11.8 Å². The van der Waals surface area contributed by atoms with Gasteiger partial charge in [0.05, 0.1) is 24.5 Å². The summed E-state index contributed by atoms with van der Waals surface area (Å²) >= 11 is 0. The van der Waals surface area contributed by atoms with E-state index in [1.807, 2.05) is 37.3 Å². The van der Waals surface area contributed by atoms with Crippen LogP contribution < -0.4 is 10.4 Å². The summed E-state index contributed by atoms with van der Waals surface area (Å²) < 4.78 is 19.8. The van der Waals surface area contributed by atoms with Crippen molar-refractivity contribution in [2.45, 2.75) is 96.5 Å². The van der Waals surface area contributed by atoms with E-state index in [1.54, 1.807) is 11.0 Å². The predicted molar refractivity (Wildman–Crippen MR) is 237 cm³/mol. The first-order valence-electron chi connectivity index (χ1n) is 21.8. The van der Waals surface area contributed by atoms with Crippen LogP contribution in [0.4, 0.5) is 0 Å². The molecule has 4 aliphatic rings. The molecule has 0 radical (unpaired) electrons. The van der Waals surface area contributed by atoms with E-state index < -0.39 is 33.4 Å². The number of hydrogen-bond donors (Lipinski definition) is 2. The highest BCUT2D eigenvalue weighted by molar-refractivity contribution is 6.99. The van der Waals surface area contributed by atoms with Crippen LogP contribution in [0.5, 0.6) is 0 Å². The number of aliphatic hydroxyl groups is 1. The number of nitrogens with zero attached hydrogens (tertiary/aromatic N) is 2. The van der Waals surface area contributed by atoms with E-state index in [0.29, 0.717) is 37.4 Å². The van der Waals surface area contributed by atoms with Gasteiger partial charge in [-0.25, -0.2) is 0 Å². The van der Waals surface area contributed by atoms with Gasteiger partial charge in [-0.1, -0.05) is 117 Å². The Labute approximate surface area is 356 Å². The largest absolute Gasteiger partial charge is 0.459 e. The summed E-state index contributed by atoms with van der Waals surface area (Å²) in [5.41, 5.74) is 4.36. The van der Waals surface area contributed by atoms with Crippen LogP contribution in [0.1, 0.15) is 76.9 Å². The Hall–Kier alpha value is -4.36. The molecule has 4 heterocycles. The summed E-state index contributed by atoms with van der Waals surface area (Å²) in [6.07, 6.45) is 4.89. The minimum absolute atomic E-state index is 0.0782. The lowest BCUT2D eigenvalue weighted by Gasteiger charge is -2.46. The van der Waals surface area contributed by atoms with Crippen molar-refractivity contribution in [1.82, 2.24) is 9.80 Å². The quantitative estimate of drug-likeness (QED) is 0.0844. The molecule has 0 spiro atoms. The number of aliphatic hydroxyl groups excluding tert-OH is 1. The first kappa shape index (κ1) is 42.3. The molecule has 3 fully saturated rings. The molecule has 3 aromatic carbocycles. The summed E-state index contributed by atoms with van der Waals surface area (Å²) in [7, 11) is -4.04. The molecule has 1 aromatic heterocycles. The smallest absolute Gasteiger partial charge is 0.455 e. The van der Waals surface area contributed by atoms with Gasteiger partial charge >= 0.3 is 7.12 Å². The van der Waals surface area contributed by atoms with Crippen molar-refractivity contribution < 1.29 is 33.2 Å². The minimum Gasteiger partial charge on any atom is -0.459 e.